The zero-order chi connectivity index (χ0) is 16.7. The minimum absolute atomic E-state index is 0.0106. The molecule has 1 heterocycles. The number of hydrogen-bond acceptors (Lipinski definition) is 1. The molecular weight excluding hydrogens is 292 g/mol. The van der Waals surface area contributed by atoms with Crippen LogP contribution < -0.4 is 0 Å². The first-order valence-electron chi connectivity index (χ1n) is 8.50. The Labute approximate surface area is 143 Å². The maximum Gasteiger partial charge on any atom is 0.116 e. The van der Waals surface area contributed by atoms with Crippen LogP contribution in [0.3, 0.4) is 0 Å². The Morgan fingerprint density at radius 1 is 0.833 bits per heavy atom. The van der Waals surface area contributed by atoms with E-state index in [0.717, 1.165) is 12.2 Å². The van der Waals surface area contributed by atoms with Crippen molar-refractivity contribution in [1.82, 2.24) is 0 Å². The number of benzene rings is 2. The van der Waals surface area contributed by atoms with Gasteiger partial charge in [0.25, 0.3) is 0 Å². The summed E-state index contributed by atoms with van der Waals surface area (Å²) < 4.78 is 5.81. The van der Waals surface area contributed by atoms with E-state index in [0.29, 0.717) is 0 Å². The molecule has 0 N–H and O–H groups in total. The summed E-state index contributed by atoms with van der Waals surface area (Å²) >= 11 is 0. The molecule has 1 aliphatic rings. The predicted octanol–water partition coefficient (Wildman–Crippen LogP) is 6.34. The van der Waals surface area contributed by atoms with Crippen molar-refractivity contribution in [3.8, 4) is 11.1 Å². The molecule has 0 atom stereocenters. The summed E-state index contributed by atoms with van der Waals surface area (Å²) in [6.45, 7) is 6.61. The van der Waals surface area contributed by atoms with Crippen molar-refractivity contribution in [2.75, 3.05) is 0 Å². The van der Waals surface area contributed by atoms with Gasteiger partial charge in [-0.15, -0.1) is 0 Å². The highest BCUT2D eigenvalue weighted by Crippen LogP contribution is 2.40. The van der Waals surface area contributed by atoms with E-state index in [4.69, 9.17) is 4.42 Å². The van der Waals surface area contributed by atoms with Crippen molar-refractivity contribution < 1.29 is 4.42 Å². The summed E-state index contributed by atoms with van der Waals surface area (Å²) in [7, 11) is 0. The van der Waals surface area contributed by atoms with Crippen LogP contribution in [0.25, 0.3) is 22.8 Å². The van der Waals surface area contributed by atoms with Crippen LogP contribution in [-0.2, 0) is 11.8 Å². The molecule has 120 valence electrons. The van der Waals surface area contributed by atoms with Gasteiger partial charge >= 0.3 is 0 Å². The van der Waals surface area contributed by atoms with Gasteiger partial charge in [-0.1, -0.05) is 69.3 Å². The molecule has 0 fully saturated rings. The molecule has 3 aromatic rings. The Kier molecular flexibility index (Phi) is 3.45. The van der Waals surface area contributed by atoms with Crippen molar-refractivity contribution in [1.29, 1.82) is 0 Å². The minimum atomic E-state index is 0.0106. The van der Waals surface area contributed by atoms with E-state index in [9.17, 15) is 0 Å². The van der Waals surface area contributed by atoms with E-state index in [1.165, 1.54) is 33.4 Å². The van der Waals surface area contributed by atoms with Crippen LogP contribution in [0.1, 0.15) is 43.2 Å². The zero-order valence-electron chi connectivity index (χ0n) is 14.5. The van der Waals surface area contributed by atoms with E-state index in [1.54, 1.807) is 0 Å². The second-order valence-electron chi connectivity index (χ2n) is 7.50. The summed E-state index contributed by atoms with van der Waals surface area (Å²) in [4.78, 5) is 0. The third kappa shape index (κ3) is 2.50. The first-order chi connectivity index (χ1) is 11.5. The van der Waals surface area contributed by atoms with Gasteiger partial charge in [0.1, 0.15) is 5.76 Å². The molecule has 24 heavy (non-hydrogen) atoms. The number of allylic oxidation sites excluding steroid dienone is 1. The second kappa shape index (κ2) is 5.52. The van der Waals surface area contributed by atoms with Gasteiger partial charge in [0, 0.05) is 11.0 Å². The standard InChI is InChI=1S/C23H22O/c1-23(2,3)22-20(12-13-24-22)18-14-17-10-7-11-19(21(17)15-18)16-8-5-4-6-9-16/h4-13,15H,14H2,1-3H3. The molecule has 0 radical (unpaired) electrons. The highest BCUT2D eigenvalue weighted by atomic mass is 16.3. The van der Waals surface area contributed by atoms with Crippen LogP contribution in [0, 0.1) is 0 Å². The number of fused-ring (bicyclic) bond motifs is 1. The third-order valence-electron chi connectivity index (χ3n) is 4.67. The lowest BCUT2D eigenvalue weighted by molar-refractivity contribution is 0.408. The SMILES string of the molecule is CC(C)(C)c1occc1C1=Cc2c(cccc2-c2ccccc2)C1. The smallest absolute Gasteiger partial charge is 0.116 e. The molecule has 1 aromatic heterocycles. The molecule has 2 aromatic carbocycles. The molecule has 1 nitrogen and oxygen atoms in total. The van der Waals surface area contributed by atoms with Crippen LogP contribution in [-0.4, -0.2) is 0 Å². The monoisotopic (exact) mass is 314 g/mol. The normalized spacial score (nSPS) is 13.7. The molecule has 4 rings (SSSR count). The van der Waals surface area contributed by atoms with E-state index in [2.05, 4.69) is 81.4 Å². The summed E-state index contributed by atoms with van der Waals surface area (Å²) in [6.07, 6.45) is 5.13. The molecule has 0 spiro atoms. The second-order valence-corrected chi connectivity index (χ2v) is 7.50. The lowest BCUT2D eigenvalue weighted by atomic mass is 9.88. The van der Waals surface area contributed by atoms with Crippen LogP contribution >= 0.6 is 0 Å². The summed E-state index contributed by atoms with van der Waals surface area (Å²) in [5, 5.41) is 0. The third-order valence-corrected chi connectivity index (χ3v) is 4.67. The lowest BCUT2D eigenvalue weighted by Crippen LogP contribution is -2.12. The molecule has 1 aliphatic carbocycles. The van der Waals surface area contributed by atoms with Crippen LogP contribution in [0.4, 0.5) is 0 Å². The fraction of sp³-hybridized carbons (Fsp3) is 0.217. The Balaban J connectivity index is 1.81. The molecule has 0 saturated heterocycles. The van der Waals surface area contributed by atoms with E-state index >= 15 is 0 Å². The molecule has 0 bridgehead atoms. The van der Waals surface area contributed by atoms with Gasteiger partial charge < -0.3 is 4.42 Å². The van der Waals surface area contributed by atoms with E-state index in [-0.39, 0.29) is 5.41 Å². The minimum Gasteiger partial charge on any atom is -0.468 e. The van der Waals surface area contributed by atoms with E-state index in [1.807, 2.05) is 6.26 Å². The van der Waals surface area contributed by atoms with Crippen molar-refractivity contribution in [3.05, 3.63) is 83.3 Å². The highest BCUT2D eigenvalue weighted by Gasteiger charge is 2.26. The largest absolute Gasteiger partial charge is 0.468 e. The first kappa shape index (κ1) is 15.0. The lowest BCUT2D eigenvalue weighted by Gasteiger charge is -2.17. The molecule has 0 amide bonds. The topological polar surface area (TPSA) is 13.1 Å². The van der Waals surface area contributed by atoms with Gasteiger partial charge in [0.05, 0.1) is 6.26 Å². The maximum absolute atomic E-state index is 5.81. The maximum atomic E-state index is 5.81. The number of rotatable bonds is 2. The Bertz CT molecular complexity index is 905. The van der Waals surface area contributed by atoms with Crippen LogP contribution in [0.2, 0.25) is 0 Å². The fourth-order valence-corrected chi connectivity index (χ4v) is 3.55. The number of hydrogen-bond donors (Lipinski definition) is 0. The highest BCUT2D eigenvalue weighted by molar-refractivity contribution is 5.94. The molecule has 0 aliphatic heterocycles. The average molecular weight is 314 g/mol. The van der Waals surface area contributed by atoms with Gasteiger partial charge in [0.15, 0.2) is 0 Å². The van der Waals surface area contributed by atoms with Gasteiger partial charge in [-0.05, 0) is 46.4 Å². The first-order valence-corrected chi connectivity index (χ1v) is 8.50. The van der Waals surface area contributed by atoms with Crippen molar-refractivity contribution in [2.24, 2.45) is 0 Å². The quantitative estimate of drug-likeness (QED) is 0.538. The molecule has 0 saturated carbocycles. The molecule has 0 unspecified atom stereocenters. The predicted molar refractivity (Wildman–Crippen MR) is 101 cm³/mol. The van der Waals surface area contributed by atoms with Gasteiger partial charge in [-0.2, -0.15) is 0 Å². The zero-order valence-corrected chi connectivity index (χ0v) is 14.5. The summed E-state index contributed by atoms with van der Waals surface area (Å²) in [6, 6.07) is 19.4. The Morgan fingerprint density at radius 3 is 2.38 bits per heavy atom. The molecular formula is C23H22O. The fourth-order valence-electron chi connectivity index (χ4n) is 3.55. The summed E-state index contributed by atoms with van der Waals surface area (Å²) in [5.74, 6) is 1.07. The van der Waals surface area contributed by atoms with Gasteiger partial charge in [-0.3, -0.25) is 0 Å². The van der Waals surface area contributed by atoms with Gasteiger partial charge in [0.2, 0.25) is 0 Å². The van der Waals surface area contributed by atoms with Crippen LogP contribution in [0.15, 0.2) is 65.3 Å². The van der Waals surface area contributed by atoms with Crippen LogP contribution in [0.5, 0.6) is 0 Å². The van der Waals surface area contributed by atoms with Crippen molar-refractivity contribution in [3.63, 3.8) is 0 Å². The number of furan rings is 1. The summed E-state index contributed by atoms with van der Waals surface area (Å²) in [5.41, 5.74) is 7.94. The average Bonchev–Trinajstić information content (AvgIpc) is 3.21. The Morgan fingerprint density at radius 2 is 1.62 bits per heavy atom. The van der Waals surface area contributed by atoms with Gasteiger partial charge in [-0.25, -0.2) is 0 Å². The molecule has 1 heteroatoms. The van der Waals surface area contributed by atoms with E-state index < -0.39 is 0 Å². The Hall–Kier alpha value is -2.54. The van der Waals surface area contributed by atoms with Crippen molar-refractivity contribution >= 4 is 11.6 Å². The van der Waals surface area contributed by atoms with Crippen molar-refractivity contribution in [2.45, 2.75) is 32.6 Å².